The highest BCUT2D eigenvalue weighted by molar-refractivity contribution is 7.58. The fraction of sp³-hybridized carbons (Fsp3) is 0.455. The predicted molar refractivity (Wildman–Crippen MR) is 65.2 cm³/mol. The molecular formula is C11H19O4P. The lowest BCUT2D eigenvalue weighted by Gasteiger charge is -2.15. The smallest absolute Gasteiger partial charge is 0.207 e. The molecule has 0 radical (unpaired) electrons. The summed E-state index contributed by atoms with van der Waals surface area (Å²) in [5.41, 5.74) is 1.09. The first-order valence-electron chi connectivity index (χ1n) is 5.16. The molecule has 5 heteroatoms. The van der Waals surface area contributed by atoms with E-state index in [-0.39, 0.29) is 0 Å². The Morgan fingerprint density at radius 3 is 2.19 bits per heavy atom. The van der Waals surface area contributed by atoms with Crippen LogP contribution in [0.5, 0.6) is 0 Å². The van der Waals surface area contributed by atoms with Gasteiger partial charge in [-0.15, -0.1) is 0 Å². The van der Waals surface area contributed by atoms with Gasteiger partial charge in [-0.2, -0.15) is 0 Å². The summed E-state index contributed by atoms with van der Waals surface area (Å²) in [7, 11) is -2.42. The van der Waals surface area contributed by atoms with Gasteiger partial charge in [-0.25, -0.2) is 0 Å². The average Bonchev–Trinajstić information content (AvgIpc) is 2.33. The first-order valence-corrected chi connectivity index (χ1v) is 7.16. The van der Waals surface area contributed by atoms with Crippen molar-refractivity contribution in [2.24, 2.45) is 0 Å². The number of rotatable bonds is 5. The highest BCUT2D eigenvalue weighted by Crippen LogP contribution is 2.49. The van der Waals surface area contributed by atoms with Crippen LogP contribution in [0.1, 0.15) is 19.4 Å². The van der Waals surface area contributed by atoms with Gasteiger partial charge in [-0.3, -0.25) is 15.1 Å². The molecule has 0 aliphatic rings. The van der Waals surface area contributed by atoms with Gasteiger partial charge in [0.1, 0.15) is 0 Å². The molecular weight excluding hydrogens is 227 g/mol. The first-order chi connectivity index (χ1) is 7.70. The lowest BCUT2D eigenvalue weighted by molar-refractivity contribution is -0.176. The molecule has 1 rings (SSSR count). The van der Waals surface area contributed by atoms with E-state index in [9.17, 15) is 4.57 Å². The summed E-state index contributed by atoms with van der Waals surface area (Å²) < 4.78 is 17.5. The Labute approximate surface area is 96.3 Å². The highest BCUT2D eigenvalue weighted by atomic mass is 31.2. The zero-order valence-corrected chi connectivity index (χ0v) is 10.6. The Morgan fingerprint density at radius 1 is 1.19 bits per heavy atom. The summed E-state index contributed by atoms with van der Waals surface area (Å²) in [6.07, 6.45) is 1.16. The maximum Gasteiger partial charge on any atom is 0.207 e. The molecule has 92 valence electrons. The van der Waals surface area contributed by atoms with E-state index in [1.807, 2.05) is 44.2 Å². The summed E-state index contributed by atoms with van der Waals surface area (Å²) in [5.74, 6) is 0. The van der Waals surface area contributed by atoms with Crippen molar-refractivity contribution in [2.75, 3.05) is 12.8 Å². The molecule has 4 nitrogen and oxygen atoms in total. The molecule has 16 heavy (non-hydrogen) atoms. The van der Waals surface area contributed by atoms with Crippen LogP contribution in [-0.4, -0.2) is 23.3 Å². The Kier molecular flexibility index (Phi) is 8.12. The topological polar surface area (TPSA) is 66.8 Å². The van der Waals surface area contributed by atoms with Crippen molar-refractivity contribution >= 4 is 7.37 Å². The third-order valence-corrected chi connectivity index (χ3v) is 4.65. The largest absolute Gasteiger partial charge is 0.329 e. The lowest BCUT2D eigenvalue weighted by Crippen LogP contribution is -1.96. The molecule has 0 fully saturated rings. The maximum atomic E-state index is 12.1. The molecule has 0 amide bonds. The Bertz CT molecular complexity index is 313. The lowest BCUT2D eigenvalue weighted by atomic mass is 10.2. The molecule has 1 atom stereocenters. The minimum Gasteiger partial charge on any atom is -0.329 e. The second-order valence-electron chi connectivity index (χ2n) is 3.19. The minimum atomic E-state index is -2.42. The van der Waals surface area contributed by atoms with Crippen molar-refractivity contribution in [1.29, 1.82) is 0 Å². The van der Waals surface area contributed by atoms with Gasteiger partial charge in [-0.1, -0.05) is 37.3 Å². The second-order valence-corrected chi connectivity index (χ2v) is 6.03. The van der Waals surface area contributed by atoms with Crippen LogP contribution >= 0.6 is 7.37 Å². The van der Waals surface area contributed by atoms with Crippen LogP contribution in [0.2, 0.25) is 0 Å². The molecule has 0 aliphatic carbocycles. The van der Waals surface area contributed by atoms with Crippen LogP contribution < -0.4 is 0 Å². The van der Waals surface area contributed by atoms with Crippen LogP contribution in [0.25, 0.3) is 0 Å². The van der Waals surface area contributed by atoms with Crippen LogP contribution in [0, 0.1) is 0 Å². The molecule has 0 aliphatic heterocycles. The van der Waals surface area contributed by atoms with E-state index in [2.05, 4.69) is 0 Å². The van der Waals surface area contributed by atoms with Crippen molar-refractivity contribution in [1.82, 2.24) is 0 Å². The van der Waals surface area contributed by atoms with E-state index in [0.29, 0.717) is 18.9 Å². The molecule has 1 unspecified atom stereocenters. The predicted octanol–water partition coefficient (Wildman–Crippen LogP) is 3.54. The van der Waals surface area contributed by atoms with Crippen molar-refractivity contribution < 1.29 is 19.6 Å². The molecule has 1 aromatic rings. The molecule has 0 spiro atoms. The van der Waals surface area contributed by atoms with Gasteiger partial charge in [0.15, 0.2) is 0 Å². The minimum absolute atomic E-state index is 0.526. The van der Waals surface area contributed by atoms with Gasteiger partial charge >= 0.3 is 0 Å². The monoisotopic (exact) mass is 246 g/mol. The van der Waals surface area contributed by atoms with Crippen molar-refractivity contribution in [3.8, 4) is 0 Å². The standard InChI is InChI=1S/C11H17O2P.H2O2/c1-3-13-14(12,4-2)10-11-8-6-5-7-9-11;1-2/h5-9H,3-4,10H2,1-2H3;1-2H. The number of hydrogen-bond donors (Lipinski definition) is 2. The maximum absolute atomic E-state index is 12.1. The van der Waals surface area contributed by atoms with Crippen LogP contribution in [0.3, 0.4) is 0 Å². The number of benzene rings is 1. The Hall–Kier alpha value is -0.670. The van der Waals surface area contributed by atoms with Gasteiger partial charge < -0.3 is 4.52 Å². The molecule has 0 heterocycles. The highest BCUT2D eigenvalue weighted by Gasteiger charge is 2.19. The second kappa shape index (κ2) is 8.48. The molecule has 0 saturated heterocycles. The Morgan fingerprint density at radius 2 is 1.75 bits per heavy atom. The van der Waals surface area contributed by atoms with Gasteiger partial charge in [0.2, 0.25) is 7.37 Å². The normalized spacial score (nSPS) is 13.5. The molecule has 0 saturated carbocycles. The van der Waals surface area contributed by atoms with Crippen LogP contribution in [0.4, 0.5) is 0 Å². The Balaban J connectivity index is 0.00000106. The fourth-order valence-electron chi connectivity index (χ4n) is 1.35. The van der Waals surface area contributed by atoms with Gasteiger partial charge in [-0.05, 0) is 12.5 Å². The third kappa shape index (κ3) is 5.42. The fourth-order valence-corrected chi connectivity index (χ4v) is 3.08. The van der Waals surface area contributed by atoms with Gasteiger partial charge in [0, 0.05) is 12.3 Å². The van der Waals surface area contributed by atoms with Crippen molar-refractivity contribution in [2.45, 2.75) is 20.0 Å². The molecule has 0 aromatic heterocycles. The molecule has 2 N–H and O–H groups in total. The van der Waals surface area contributed by atoms with Crippen molar-refractivity contribution in [3.63, 3.8) is 0 Å². The van der Waals surface area contributed by atoms with E-state index in [1.54, 1.807) is 0 Å². The summed E-state index contributed by atoms with van der Waals surface area (Å²) in [6.45, 7) is 4.32. The van der Waals surface area contributed by atoms with Gasteiger partial charge in [0.25, 0.3) is 0 Å². The van der Waals surface area contributed by atoms with E-state index >= 15 is 0 Å². The molecule has 0 bridgehead atoms. The zero-order valence-electron chi connectivity index (χ0n) is 9.67. The van der Waals surface area contributed by atoms with E-state index in [0.717, 1.165) is 5.56 Å². The summed E-state index contributed by atoms with van der Waals surface area (Å²) in [6, 6.07) is 9.85. The zero-order chi connectivity index (χ0) is 12.4. The van der Waals surface area contributed by atoms with Gasteiger partial charge in [0.05, 0.1) is 6.61 Å². The first kappa shape index (κ1) is 15.3. The average molecular weight is 246 g/mol. The third-order valence-electron chi connectivity index (χ3n) is 2.11. The van der Waals surface area contributed by atoms with Crippen LogP contribution in [0.15, 0.2) is 30.3 Å². The van der Waals surface area contributed by atoms with E-state index in [4.69, 9.17) is 15.0 Å². The summed E-state index contributed by atoms with van der Waals surface area (Å²) in [5, 5.41) is 12.0. The number of hydrogen-bond acceptors (Lipinski definition) is 4. The van der Waals surface area contributed by atoms with E-state index < -0.39 is 7.37 Å². The molecule has 1 aromatic carbocycles. The van der Waals surface area contributed by atoms with Crippen LogP contribution in [-0.2, 0) is 15.3 Å². The quantitative estimate of drug-likeness (QED) is 0.473. The SMILES string of the molecule is CCOP(=O)(CC)Cc1ccccc1.OO. The summed E-state index contributed by atoms with van der Waals surface area (Å²) in [4.78, 5) is 0. The van der Waals surface area contributed by atoms with E-state index in [1.165, 1.54) is 0 Å². The van der Waals surface area contributed by atoms with Crippen molar-refractivity contribution in [3.05, 3.63) is 35.9 Å². The summed E-state index contributed by atoms with van der Waals surface area (Å²) >= 11 is 0.